The van der Waals surface area contributed by atoms with E-state index in [0.29, 0.717) is 35.1 Å². The lowest BCUT2D eigenvalue weighted by Crippen LogP contribution is -2.63. The molecule has 7 rings (SSSR count). The Hall–Kier alpha value is -3.87. The van der Waals surface area contributed by atoms with Gasteiger partial charge in [-0.05, 0) is 56.8 Å². The maximum Gasteiger partial charge on any atom is 0.196 e. The number of amidine groups is 1. The number of benzene rings is 1. The second-order valence-electron chi connectivity index (χ2n) is 11.0. The Bertz CT molecular complexity index is 1480. The summed E-state index contributed by atoms with van der Waals surface area (Å²) in [5.74, 6) is 1.96. The summed E-state index contributed by atoms with van der Waals surface area (Å²) >= 11 is 0. The molecule has 0 amide bonds. The highest BCUT2D eigenvalue weighted by molar-refractivity contribution is 5.91. The zero-order valence-electron chi connectivity index (χ0n) is 21.5. The first-order valence-corrected chi connectivity index (χ1v) is 12.9. The molecule has 0 radical (unpaired) electrons. The predicted octanol–water partition coefficient (Wildman–Crippen LogP) is 3.11. The fourth-order valence-corrected chi connectivity index (χ4v) is 6.97. The number of pyridine rings is 1. The first kappa shape index (κ1) is 23.3. The van der Waals surface area contributed by atoms with Crippen LogP contribution in [0.15, 0.2) is 64.3 Å². The average molecular weight is 512 g/mol. The second-order valence-corrected chi connectivity index (χ2v) is 11.0. The number of aromatic nitrogens is 1. The van der Waals surface area contributed by atoms with Gasteiger partial charge in [0.1, 0.15) is 28.8 Å². The van der Waals surface area contributed by atoms with E-state index in [4.69, 9.17) is 23.9 Å². The fourth-order valence-electron chi connectivity index (χ4n) is 6.97. The molecule has 2 aromatic heterocycles. The summed E-state index contributed by atoms with van der Waals surface area (Å²) in [6, 6.07) is 15.2. The molecule has 2 fully saturated rings. The van der Waals surface area contributed by atoms with E-state index in [0.717, 1.165) is 24.2 Å². The van der Waals surface area contributed by atoms with Gasteiger partial charge in [-0.3, -0.25) is 4.98 Å². The number of fused-ring (bicyclic) bond motifs is 1. The van der Waals surface area contributed by atoms with Gasteiger partial charge in [0.05, 0.1) is 37.1 Å². The maximum absolute atomic E-state index is 13.0. The van der Waals surface area contributed by atoms with Gasteiger partial charge in [-0.15, -0.1) is 0 Å². The number of nitriles is 1. The van der Waals surface area contributed by atoms with E-state index in [1.54, 1.807) is 31.7 Å². The van der Waals surface area contributed by atoms with Crippen molar-refractivity contribution >= 4 is 5.84 Å². The summed E-state index contributed by atoms with van der Waals surface area (Å²) in [7, 11) is 5.57. The molecule has 38 heavy (non-hydrogen) atoms. The number of nitrogens with zero attached hydrogens (tertiary/aromatic N) is 4. The van der Waals surface area contributed by atoms with Crippen molar-refractivity contribution in [3.63, 3.8) is 0 Å². The molecule has 5 atom stereocenters. The third-order valence-corrected chi connectivity index (χ3v) is 8.58. The van der Waals surface area contributed by atoms with Gasteiger partial charge >= 0.3 is 0 Å². The Kier molecular flexibility index (Phi) is 4.79. The van der Waals surface area contributed by atoms with Crippen LogP contribution in [0.2, 0.25) is 0 Å². The highest BCUT2D eigenvalue weighted by Gasteiger charge is 2.86. The van der Waals surface area contributed by atoms with Crippen molar-refractivity contribution in [2.75, 3.05) is 27.7 Å². The highest BCUT2D eigenvalue weighted by atomic mass is 16.5. The minimum absolute atomic E-state index is 0.266. The van der Waals surface area contributed by atoms with E-state index in [-0.39, 0.29) is 5.92 Å². The number of methoxy groups -OCH3 is 1. The van der Waals surface area contributed by atoms with E-state index >= 15 is 0 Å². The number of ether oxygens (including phenoxy) is 2. The zero-order chi connectivity index (χ0) is 26.3. The first-order chi connectivity index (χ1) is 18.4. The van der Waals surface area contributed by atoms with Crippen LogP contribution >= 0.6 is 0 Å². The molecule has 2 N–H and O–H groups in total. The smallest absolute Gasteiger partial charge is 0.196 e. The van der Waals surface area contributed by atoms with E-state index in [2.05, 4.69) is 16.3 Å². The second kappa shape index (κ2) is 7.82. The summed E-state index contributed by atoms with van der Waals surface area (Å²) < 4.78 is 18.7. The van der Waals surface area contributed by atoms with Crippen molar-refractivity contribution in [1.29, 1.82) is 5.26 Å². The summed E-state index contributed by atoms with van der Waals surface area (Å²) in [5.41, 5.74) is -2.12. The van der Waals surface area contributed by atoms with Crippen LogP contribution in [-0.4, -0.2) is 54.3 Å². The molecular weight excluding hydrogens is 482 g/mol. The van der Waals surface area contributed by atoms with Gasteiger partial charge in [-0.1, -0.05) is 12.1 Å². The van der Waals surface area contributed by atoms with Crippen LogP contribution in [-0.2, 0) is 11.1 Å². The van der Waals surface area contributed by atoms with Crippen molar-refractivity contribution in [3.8, 4) is 17.6 Å². The molecule has 0 saturated heterocycles. The van der Waals surface area contributed by atoms with Crippen LogP contribution in [0.25, 0.3) is 0 Å². The van der Waals surface area contributed by atoms with Crippen molar-refractivity contribution < 1.29 is 19.0 Å². The quantitative estimate of drug-likeness (QED) is 0.519. The van der Waals surface area contributed by atoms with E-state index in [1.807, 2.05) is 44.4 Å². The normalized spacial score (nSPS) is 32.6. The monoisotopic (exact) mass is 511 g/mol. The van der Waals surface area contributed by atoms with Crippen LogP contribution in [0.4, 0.5) is 0 Å². The van der Waals surface area contributed by atoms with Gasteiger partial charge in [-0.25, -0.2) is 4.99 Å². The van der Waals surface area contributed by atoms with E-state index in [1.165, 1.54) is 0 Å². The third kappa shape index (κ3) is 2.76. The first-order valence-electron chi connectivity index (χ1n) is 12.9. The molecule has 2 aliphatic heterocycles. The number of rotatable bonds is 6. The lowest BCUT2D eigenvalue weighted by Gasteiger charge is -2.43. The highest BCUT2D eigenvalue weighted by Crippen LogP contribution is 2.73. The molecule has 2 aliphatic carbocycles. The van der Waals surface area contributed by atoms with E-state index in [9.17, 15) is 10.4 Å². The van der Waals surface area contributed by atoms with Gasteiger partial charge in [-0.2, -0.15) is 5.26 Å². The van der Waals surface area contributed by atoms with Gasteiger partial charge < -0.3 is 29.2 Å². The Labute approximate surface area is 220 Å². The topological polar surface area (TPSA) is 116 Å². The van der Waals surface area contributed by atoms with Gasteiger partial charge in [0.25, 0.3) is 0 Å². The summed E-state index contributed by atoms with van der Waals surface area (Å²) in [6.45, 7) is 0.527. The molecule has 4 heterocycles. The summed E-state index contributed by atoms with van der Waals surface area (Å²) in [6.07, 6.45) is 5.34. The largest absolute Gasteiger partial charge is 0.495 e. The zero-order valence-corrected chi connectivity index (χ0v) is 21.5. The van der Waals surface area contributed by atoms with Crippen molar-refractivity contribution in [2.24, 2.45) is 16.8 Å². The van der Waals surface area contributed by atoms with Crippen LogP contribution in [0, 0.1) is 23.2 Å². The minimum Gasteiger partial charge on any atom is -0.495 e. The lowest BCUT2D eigenvalue weighted by atomic mass is 9.70. The Morgan fingerprint density at radius 1 is 1.24 bits per heavy atom. The molecular formula is C29H29N5O4. The van der Waals surface area contributed by atoms with Gasteiger partial charge in [0, 0.05) is 24.4 Å². The average Bonchev–Trinajstić information content (AvgIpc) is 3.36. The lowest BCUT2D eigenvalue weighted by molar-refractivity contribution is -0.0817. The Morgan fingerprint density at radius 3 is 2.66 bits per heavy atom. The molecule has 194 valence electrons. The molecule has 9 nitrogen and oxygen atoms in total. The van der Waals surface area contributed by atoms with Crippen molar-refractivity contribution in [3.05, 3.63) is 77.5 Å². The van der Waals surface area contributed by atoms with Crippen LogP contribution in [0.1, 0.15) is 41.3 Å². The fraction of sp³-hybridized carbons (Fsp3) is 0.414. The number of furan rings is 1. The molecule has 0 bridgehead atoms. The molecule has 0 unspecified atom stereocenters. The molecule has 3 aromatic rings. The van der Waals surface area contributed by atoms with Gasteiger partial charge in [0.2, 0.25) is 0 Å². The SMILES string of the molecule is COc1cnc2c(c1)O[C@@]1(c3ccc(C#N)cc3)[C@H](c3ccco3)[C@@H](CN(C)C)[C@]3(O)N=C(C4CC4)N[C@@]231. The van der Waals surface area contributed by atoms with Crippen LogP contribution in [0.3, 0.4) is 0 Å². The van der Waals surface area contributed by atoms with Crippen LogP contribution in [0.5, 0.6) is 11.5 Å². The van der Waals surface area contributed by atoms with Crippen molar-refractivity contribution in [2.45, 2.75) is 35.6 Å². The van der Waals surface area contributed by atoms with Crippen LogP contribution < -0.4 is 14.8 Å². The number of hydrogen-bond donors (Lipinski definition) is 2. The maximum atomic E-state index is 13.0. The predicted molar refractivity (Wildman–Crippen MR) is 138 cm³/mol. The molecule has 4 aliphatic rings. The third-order valence-electron chi connectivity index (χ3n) is 8.58. The Morgan fingerprint density at radius 2 is 2.03 bits per heavy atom. The standard InChI is InChI=1S/C29H29N5O4/c1-34(2)16-21-24(22-5-4-12-37-22)27(19-10-6-17(14-30)7-11-19)28(25-23(38-27)13-20(36-3)15-31-25)29(21,35)33-26(32-28)18-8-9-18/h4-7,10-13,15,18,21,24,35H,8-9,16H2,1-3H3,(H,32,33)/t21-,24+,27+,28-,29-/m1/s1. The van der Waals surface area contributed by atoms with E-state index < -0.39 is 28.7 Å². The minimum atomic E-state index is -1.60. The number of aliphatic imine (C=N–C) groups is 1. The number of nitrogens with one attached hydrogen (secondary N) is 1. The molecule has 1 aromatic carbocycles. The summed E-state index contributed by atoms with van der Waals surface area (Å²) in [4.78, 5) is 12.0. The molecule has 2 saturated carbocycles. The number of aliphatic hydroxyl groups is 1. The van der Waals surface area contributed by atoms with Gasteiger partial charge in [0.15, 0.2) is 16.9 Å². The van der Waals surface area contributed by atoms with Crippen molar-refractivity contribution in [1.82, 2.24) is 15.2 Å². The molecule has 9 heteroatoms. The summed E-state index contributed by atoms with van der Waals surface area (Å²) in [5, 5.41) is 26.2. The Balaban J connectivity index is 1.58. The number of hydrogen-bond acceptors (Lipinski definition) is 9. The molecule has 1 spiro atoms.